The van der Waals surface area contributed by atoms with Crippen LogP contribution in [-0.2, 0) is 4.79 Å². The van der Waals surface area contributed by atoms with Gasteiger partial charge in [-0.1, -0.05) is 24.3 Å². The Bertz CT molecular complexity index is 864. The van der Waals surface area contributed by atoms with Crippen molar-refractivity contribution in [3.05, 3.63) is 48.0 Å². The molecule has 3 N–H and O–H groups in total. The molecule has 3 rings (SSSR count). The van der Waals surface area contributed by atoms with Crippen molar-refractivity contribution in [2.24, 2.45) is 5.73 Å². The molecular formula is C19H22N2O2. The molecule has 4 nitrogen and oxygen atoms in total. The van der Waals surface area contributed by atoms with Gasteiger partial charge >= 0.3 is 5.97 Å². The molecule has 1 heterocycles. The number of fused-ring (bicyclic) bond motifs is 3. The highest BCUT2D eigenvalue weighted by Crippen LogP contribution is 2.33. The highest BCUT2D eigenvalue weighted by Gasteiger charge is 2.15. The predicted octanol–water partition coefficient (Wildman–Crippen LogP) is 4.24. The molecule has 4 heteroatoms. The molecule has 0 fully saturated rings. The van der Waals surface area contributed by atoms with Crippen molar-refractivity contribution < 1.29 is 9.90 Å². The van der Waals surface area contributed by atoms with E-state index >= 15 is 0 Å². The number of carboxylic acids is 1. The monoisotopic (exact) mass is 310 g/mol. The number of carboxylic acid groups (broad SMARTS) is 1. The number of aliphatic carboxylic acids is 1. The van der Waals surface area contributed by atoms with Crippen molar-refractivity contribution in [2.45, 2.75) is 38.8 Å². The minimum atomic E-state index is -0.807. The molecule has 0 aliphatic heterocycles. The summed E-state index contributed by atoms with van der Waals surface area (Å²) in [6.45, 7) is 4.36. The molecule has 23 heavy (non-hydrogen) atoms. The molecule has 0 saturated carbocycles. The summed E-state index contributed by atoms with van der Waals surface area (Å²) >= 11 is 0. The fraction of sp³-hybridized carbons (Fsp3) is 0.316. The van der Waals surface area contributed by atoms with E-state index in [-0.39, 0.29) is 12.5 Å². The van der Waals surface area contributed by atoms with Gasteiger partial charge in [0, 0.05) is 40.3 Å². The third-order valence-electron chi connectivity index (χ3n) is 4.35. The zero-order valence-corrected chi connectivity index (χ0v) is 13.5. The number of nitrogens with zero attached hydrogens (tertiary/aromatic N) is 1. The van der Waals surface area contributed by atoms with Gasteiger partial charge in [-0.05, 0) is 44.0 Å². The maximum atomic E-state index is 10.7. The Labute approximate surface area is 135 Å². The number of hydrogen-bond donors (Lipinski definition) is 2. The Morgan fingerprint density at radius 2 is 1.83 bits per heavy atom. The van der Waals surface area contributed by atoms with E-state index < -0.39 is 5.97 Å². The zero-order valence-electron chi connectivity index (χ0n) is 13.5. The second-order valence-electron chi connectivity index (χ2n) is 6.30. The molecule has 0 aliphatic carbocycles. The number of rotatable bonds is 5. The number of carbonyl (C=O) groups is 1. The average Bonchev–Trinajstić information content (AvgIpc) is 2.86. The lowest BCUT2D eigenvalue weighted by Gasteiger charge is -2.13. The Morgan fingerprint density at radius 3 is 2.52 bits per heavy atom. The third-order valence-corrected chi connectivity index (χ3v) is 4.35. The summed E-state index contributed by atoms with van der Waals surface area (Å²) in [4.78, 5) is 10.7. The van der Waals surface area contributed by atoms with Crippen LogP contribution in [0.1, 0.15) is 44.3 Å². The smallest absolute Gasteiger partial charge is 0.303 e. The van der Waals surface area contributed by atoms with Gasteiger partial charge in [-0.25, -0.2) is 0 Å². The molecule has 1 atom stereocenters. The zero-order chi connectivity index (χ0) is 16.6. The van der Waals surface area contributed by atoms with Crippen molar-refractivity contribution >= 4 is 27.8 Å². The second-order valence-corrected chi connectivity index (χ2v) is 6.30. The van der Waals surface area contributed by atoms with Crippen LogP contribution in [0.3, 0.4) is 0 Å². The number of hydrogen-bond acceptors (Lipinski definition) is 2. The van der Waals surface area contributed by atoms with Gasteiger partial charge in [-0.2, -0.15) is 0 Å². The summed E-state index contributed by atoms with van der Waals surface area (Å²) in [5.74, 6) is -0.807. The average molecular weight is 310 g/mol. The van der Waals surface area contributed by atoms with Crippen LogP contribution in [0.2, 0.25) is 0 Å². The minimum Gasteiger partial charge on any atom is -0.481 e. The van der Waals surface area contributed by atoms with Crippen molar-refractivity contribution in [1.82, 2.24) is 4.57 Å². The Kier molecular flexibility index (Phi) is 4.09. The quantitative estimate of drug-likeness (QED) is 0.740. The Morgan fingerprint density at radius 1 is 1.13 bits per heavy atom. The first-order chi connectivity index (χ1) is 11.0. The van der Waals surface area contributed by atoms with Crippen LogP contribution in [0.25, 0.3) is 21.8 Å². The van der Waals surface area contributed by atoms with E-state index in [1.165, 1.54) is 21.8 Å². The number of nitrogens with two attached hydrogens (primary N) is 1. The first kappa shape index (κ1) is 15.6. The van der Waals surface area contributed by atoms with Gasteiger partial charge in [-0.3, -0.25) is 4.79 Å². The Balaban J connectivity index is 2.13. The summed E-state index contributed by atoms with van der Waals surface area (Å²) in [7, 11) is 0. The van der Waals surface area contributed by atoms with E-state index in [4.69, 9.17) is 10.8 Å². The first-order valence-electron chi connectivity index (χ1n) is 7.99. The summed E-state index contributed by atoms with van der Waals surface area (Å²) in [5.41, 5.74) is 9.57. The molecule has 0 saturated heterocycles. The summed E-state index contributed by atoms with van der Waals surface area (Å²) in [6.07, 6.45) is 0.538. The maximum Gasteiger partial charge on any atom is 0.303 e. The number of para-hydroxylation sites is 1. The van der Waals surface area contributed by atoms with Crippen molar-refractivity contribution in [3.8, 4) is 0 Å². The molecule has 0 aliphatic rings. The SMILES string of the molecule is CC(C)n1c2ccccc2c2cc(C(N)CCC(=O)O)ccc21. The lowest BCUT2D eigenvalue weighted by atomic mass is 10.0. The molecule has 0 spiro atoms. The normalized spacial score (nSPS) is 13.0. The summed E-state index contributed by atoms with van der Waals surface area (Å²) in [5, 5.41) is 11.2. The highest BCUT2D eigenvalue weighted by molar-refractivity contribution is 6.08. The topological polar surface area (TPSA) is 68.2 Å². The summed E-state index contributed by atoms with van der Waals surface area (Å²) in [6, 6.07) is 14.7. The molecule has 1 unspecified atom stereocenters. The molecular weight excluding hydrogens is 288 g/mol. The number of aromatic nitrogens is 1. The molecule has 0 amide bonds. The van der Waals surface area contributed by atoms with Gasteiger partial charge in [0.2, 0.25) is 0 Å². The number of benzene rings is 2. The fourth-order valence-electron chi connectivity index (χ4n) is 3.25. The van der Waals surface area contributed by atoms with E-state index in [1.54, 1.807) is 0 Å². The van der Waals surface area contributed by atoms with Gasteiger partial charge in [0.25, 0.3) is 0 Å². The fourth-order valence-corrected chi connectivity index (χ4v) is 3.25. The van der Waals surface area contributed by atoms with Crippen LogP contribution in [0.15, 0.2) is 42.5 Å². The third kappa shape index (κ3) is 2.82. The van der Waals surface area contributed by atoms with Gasteiger partial charge < -0.3 is 15.4 Å². The van der Waals surface area contributed by atoms with Gasteiger partial charge in [0.1, 0.15) is 0 Å². The van der Waals surface area contributed by atoms with E-state index in [0.29, 0.717) is 12.5 Å². The largest absolute Gasteiger partial charge is 0.481 e. The van der Waals surface area contributed by atoms with Crippen molar-refractivity contribution in [2.75, 3.05) is 0 Å². The minimum absolute atomic E-state index is 0.0902. The van der Waals surface area contributed by atoms with E-state index in [2.05, 4.69) is 48.7 Å². The second kappa shape index (κ2) is 6.05. The van der Waals surface area contributed by atoms with Crippen LogP contribution < -0.4 is 5.73 Å². The molecule has 0 radical (unpaired) electrons. The summed E-state index contributed by atoms with van der Waals surface area (Å²) < 4.78 is 2.33. The van der Waals surface area contributed by atoms with Crippen LogP contribution in [0, 0.1) is 0 Å². The van der Waals surface area contributed by atoms with Crippen molar-refractivity contribution in [1.29, 1.82) is 0 Å². The van der Waals surface area contributed by atoms with E-state index in [9.17, 15) is 4.79 Å². The molecule has 2 aromatic carbocycles. The molecule has 1 aromatic heterocycles. The van der Waals surface area contributed by atoms with E-state index in [1.807, 2.05) is 12.1 Å². The molecule has 3 aromatic rings. The van der Waals surface area contributed by atoms with Gasteiger partial charge in [0.15, 0.2) is 0 Å². The van der Waals surface area contributed by atoms with Crippen LogP contribution in [-0.4, -0.2) is 15.6 Å². The molecule has 120 valence electrons. The van der Waals surface area contributed by atoms with Gasteiger partial charge in [0.05, 0.1) is 0 Å². The Hall–Kier alpha value is -2.33. The predicted molar refractivity (Wildman–Crippen MR) is 93.6 cm³/mol. The van der Waals surface area contributed by atoms with Crippen LogP contribution in [0.4, 0.5) is 0 Å². The highest BCUT2D eigenvalue weighted by atomic mass is 16.4. The van der Waals surface area contributed by atoms with Crippen LogP contribution >= 0.6 is 0 Å². The van der Waals surface area contributed by atoms with E-state index in [0.717, 1.165) is 5.56 Å². The van der Waals surface area contributed by atoms with Crippen molar-refractivity contribution in [3.63, 3.8) is 0 Å². The lowest BCUT2D eigenvalue weighted by molar-refractivity contribution is -0.137. The lowest BCUT2D eigenvalue weighted by Crippen LogP contribution is -2.12. The van der Waals surface area contributed by atoms with Gasteiger partial charge in [-0.15, -0.1) is 0 Å². The molecule has 0 bridgehead atoms. The maximum absolute atomic E-state index is 10.7. The van der Waals surface area contributed by atoms with Crippen LogP contribution in [0.5, 0.6) is 0 Å². The first-order valence-corrected chi connectivity index (χ1v) is 7.99. The standard InChI is InChI=1S/C19H22N2O2/c1-12(2)21-17-6-4-3-5-14(17)15-11-13(7-9-18(15)21)16(20)8-10-19(22)23/h3-7,9,11-12,16H,8,10,20H2,1-2H3,(H,22,23).